The number of carbonyl (C=O) groups is 1. The monoisotopic (exact) mass is 302 g/mol. The predicted octanol–water partition coefficient (Wildman–Crippen LogP) is 1.12. The van der Waals surface area contributed by atoms with Crippen molar-refractivity contribution in [2.24, 2.45) is 0 Å². The van der Waals surface area contributed by atoms with Crippen molar-refractivity contribution >= 4 is 17.2 Å². The highest BCUT2D eigenvalue weighted by molar-refractivity contribution is 5.87. The number of pyridine rings is 1. The number of methoxy groups -OCH3 is 1. The van der Waals surface area contributed by atoms with Crippen LogP contribution in [0.2, 0.25) is 0 Å². The van der Waals surface area contributed by atoms with Gasteiger partial charge in [0.15, 0.2) is 0 Å². The molecule has 7 heteroatoms. The average Bonchev–Trinajstić information content (AvgIpc) is 2.55. The lowest BCUT2D eigenvalue weighted by Gasteiger charge is -2.30. The molecular formula is C15H18N4O3. The van der Waals surface area contributed by atoms with E-state index in [1.807, 2.05) is 6.07 Å². The van der Waals surface area contributed by atoms with Crippen molar-refractivity contribution in [1.82, 2.24) is 19.9 Å². The molecule has 0 saturated carbocycles. The van der Waals surface area contributed by atoms with Crippen LogP contribution in [0.15, 0.2) is 12.4 Å². The maximum absolute atomic E-state index is 10.6. The van der Waals surface area contributed by atoms with Gasteiger partial charge in [-0.15, -0.1) is 0 Å². The summed E-state index contributed by atoms with van der Waals surface area (Å²) in [6.45, 7) is 2.21. The van der Waals surface area contributed by atoms with E-state index in [4.69, 9.17) is 4.74 Å². The van der Waals surface area contributed by atoms with Crippen molar-refractivity contribution in [1.29, 1.82) is 0 Å². The van der Waals surface area contributed by atoms with E-state index in [1.165, 1.54) is 13.4 Å². The Labute approximate surface area is 128 Å². The second-order valence-corrected chi connectivity index (χ2v) is 5.39. The topological polar surface area (TPSA) is 88.4 Å². The van der Waals surface area contributed by atoms with Crippen molar-refractivity contribution in [3.05, 3.63) is 18.1 Å². The largest absolute Gasteiger partial charge is 0.493 e. The second kappa shape index (κ2) is 6.23. The van der Waals surface area contributed by atoms with Gasteiger partial charge in [0.1, 0.15) is 18.1 Å². The fraction of sp³-hybridized carbons (Fsp3) is 0.467. The molecule has 3 heterocycles. The van der Waals surface area contributed by atoms with Crippen LogP contribution in [-0.4, -0.2) is 58.0 Å². The lowest BCUT2D eigenvalue weighted by molar-refractivity contribution is -0.109. The number of fused-ring (bicyclic) bond motifs is 1. The first-order valence-electron chi connectivity index (χ1n) is 7.27. The quantitative estimate of drug-likeness (QED) is 0.846. The first kappa shape index (κ1) is 14.6. The standard InChI is InChI=1S/C15H18N4O3/c1-22-15-13-11(14(21)17-9-16-13)8-12(18-15)10-2-4-19(5-3-10)6-7-20/h7-10H,2-6H2,1H3,(H,16,17,21). The van der Waals surface area contributed by atoms with E-state index in [0.29, 0.717) is 23.3 Å². The fourth-order valence-corrected chi connectivity index (χ4v) is 2.91. The van der Waals surface area contributed by atoms with Crippen LogP contribution in [0.3, 0.4) is 0 Å². The Balaban J connectivity index is 1.91. The number of likely N-dealkylation sites (tertiary alicyclic amines) is 1. The summed E-state index contributed by atoms with van der Waals surface area (Å²) in [7, 11) is 1.54. The van der Waals surface area contributed by atoms with Crippen LogP contribution >= 0.6 is 0 Å². The zero-order valence-electron chi connectivity index (χ0n) is 12.4. The molecule has 1 fully saturated rings. The van der Waals surface area contributed by atoms with E-state index in [1.54, 1.807) is 0 Å². The molecule has 0 unspecified atom stereocenters. The molecule has 22 heavy (non-hydrogen) atoms. The maximum atomic E-state index is 10.6. The maximum Gasteiger partial charge on any atom is 0.240 e. The third kappa shape index (κ3) is 2.71. The minimum atomic E-state index is -0.0645. The van der Waals surface area contributed by atoms with Gasteiger partial charge < -0.3 is 14.6 Å². The van der Waals surface area contributed by atoms with Crippen LogP contribution in [-0.2, 0) is 4.79 Å². The van der Waals surface area contributed by atoms with Crippen LogP contribution < -0.4 is 4.74 Å². The number of nitrogens with zero attached hydrogens (tertiary/aromatic N) is 4. The van der Waals surface area contributed by atoms with Crippen molar-refractivity contribution in [3.8, 4) is 11.8 Å². The molecule has 0 aliphatic carbocycles. The highest BCUT2D eigenvalue weighted by Crippen LogP contribution is 2.33. The van der Waals surface area contributed by atoms with Gasteiger partial charge in [-0.05, 0) is 32.0 Å². The van der Waals surface area contributed by atoms with E-state index in [2.05, 4.69) is 19.9 Å². The number of rotatable bonds is 4. The minimum absolute atomic E-state index is 0.0645. The van der Waals surface area contributed by atoms with Gasteiger partial charge in [0.05, 0.1) is 19.0 Å². The first-order chi connectivity index (χ1) is 10.7. The summed E-state index contributed by atoms with van der Waals surface area (Å²) in [5.41, 5.74) is 1.39. The lowest BCUT2D eigenvalue weighted by Crippen LogP contribution is -2.34. The van der Waals surface area contributed by atoms with Crippen LogP contribution in [0.25, 0.3) is 10.9 Å². The molecule has 0 aromatic carbocycles. The third-order valence-corrected chi connectivity index (χ3v) is 4.12. The Morgan fingerprint density at radius 1 is 1.41 bits per heavy atom. The van der Waals surface area contributed by atoms with Crippen molar-refractivity contribution in [3.63, 3.8) is 0 Å². The summed E-state index contributed by atoms with van der Waals surface area (Å²) < 4.78 is 5.30. The summed E-state index contributed by atoms with van der Waals surface area (Å²) >= 11 is 0. The van der Waals surface area contributed by atoms with Gasteiger partial charge in [-0.3, -0.25) is 4.90 Å². The molecule has 1 aliphatic heterocycles. The number of aromatic hydroxyl groups is 1. The first-order valence-corrected chi connectivity index (χ1v) is 7.27. The zero-order valence-corrected chi connectivity index (χ0v) is 12.4. The molecule has 0 radical (unpaired) electrons. The molecule has 1 saturated heterocycles. The Hall–Kier alpha value is -2.28. The van der Waals surface area contributed by atoms with Gasteiger partial charge in [-0.25, -0.2) is 15.0 Å². The Bertz CT molecular complexity index is 684. The normalized spacial score (nSPS) is 16.8. The van der Waals surface area contributed by atoms with E-state index in [9.17, 15) is 9.90 Å². The predicted molar refractivity (Wildman–Crippen MR) is 80.0 cm³/mol. The Morgan fingerprint density at radius 2 is 2.18 bits per heavy atom. The summed E-state index contributed by atoms with van der Waals surface area (Å²) in [4.78, 5) is 25.2. The van der Waals surface area contributed by atoms with Crippen LogP contribution in [0.4, 0.5) is 0 Å². The van der Waals surface area contributed by atoms with E-state index < -0.39 is 0 Å². The summed E-state index contributed by atoms with van der Waals surface area (Å²) in [5, 5.41) is 10.5. The summed E-state index contributed by atoms with van der Waals surface area (Å²) in [5.74, 6) is 0.617. The summed E-state index contributed by atoms with van der Waals surface area (Å²) in [6.07, 6.45) is 4.07. The van der Waals surface area contributed by atoms with Gasteiger partial charge >= 0.3 is 0 Å². The van der Waals surface area contributed by atoms with E-state index in [0.717, 1.165) is 37.9 Å². The van der Waals surface area contributed by atoms with Crippen molar-refractivity contribution in [2.75, 3.05) is 26.7 Å². The molecule has 1 aliphatic rings. The molecule has 3 rings (SSSR count). The Kier molecular flexibility index (Phi) is 4.15. The number of hydrogen-bond donors (Lipinski definition) is 1. The average molecular weight is 302 g/mol. The van der Waals surface area contributed by atoms with Gasteiger partial charge in [-0.1, -0.05) is 0 Å². The smallest absolute Gasteiger partial charge is 0.240 e. The van der Waals surface area contributed by atoms with Gasteiger partial charge in [-0.2, -0.15) is 0 Å². The molecule has 0 bridgehead atoms. The van der Waals surface area contributed by atoms with Crippen LogP contribution in [0, 0.1) is 0 Å². The van der Waals surface area contributed by atoms with Crippen molar-refractivity contribution < 1.29 is 14.6 Å². The molecule has 2 aromatic rings. The molecule has 0 amide bonds. The molecule has 0 atom stereocenters. The number of piperidine rings is 1. The minimum Gasteiger partial charge on any atom is -0.493 e. The van der Waals surface area contributed by atoms with Crippen LogP contribution in [0.5, 0.6) is 11.8 Å². The molecule has 116 valence electrons. The van der Waals surface area contributed by atoms with Gasteiger partial charge in [0.2, 0.25) is 11.8 Å². The molecule has 0 spiro atoms. The Morgan fingerprint density at radius 3 is 2.86 bits per heavy atom. The number of hydrogen-bond acceptors (Lipinski definition) is 7. The molecule has 7 nitrogen and oxygen atoms in total. The van der Waals surface area contributed by atoms with Gasteiger partial charge in [0, 0.05) is 11.6 Å². The van der Waals surface area contributed by atoms with Gasteiger partial charge in [0.25, 0.3) is 0 Å². The molecular weight excluding hydrogens is 284 g/mol. The molecule has 2 aromatic heterocycles. The SMILES string of the molecule is COc1nc(C2CCN(CC=O)CC2)cc2c(O)ncnc12. The highest BCUT2D eigenvalue weighted by atomic mass is 16.5. The van der Waals surface area contributed by atoms with Crippen molar-refractivity contribution in [2.45, 2.75) is 18.8 Å². The zero-order chi connectivity index (χ0) is 15.5. The van der Waals surface area contributed by atoms with E-state index >= 15 is 0 Å². The summed E-state index contributed by atoms with van der Waals surface area (Å²) in [6, 6.07) is 1.84. The third-order valence-electron chi connectivity index (χ3n) is 4.12. The number of aromatic nitrogens is 3. The second-order valence-electron chi connectivity index (χ2n) is 5.39. The number of ether oxygens (including phenoxy) is 1. The lowest BCUT2D eigenvalue weighted by atomic mass is 9.92. The number of aldehydes is 1. The fourth-order valence-electron chi connectivity index (χ4n) is 2.91. The van der Waals surface area contributed by atoms with Crippen LogP contribution in [0.1, 0.15) is 24.5 Å². The van der Waals surface area contributed by atoms with E-state index in [-0.39, 0.29) is 11.8 Å². The molecule has 1 N–H and O–H groups in total. The number of carbonyl (C=O) groups excluding carboxylic acids is 1. The highest BCUT2D eigenvalue weighted by Gasteiger charge is 2.23.